The first-order valence-corrected chi connectivity index (χ1v) is 9.98. The van der Waals surface area contributed by atoms with Crippen LogP contribution in [0.1, 0.15) is 11.6 Å². The molecule has 8 nitrogen and oxygen atoms in total. The number of ether oxygens (including phenoxy) is 1. The maximum absolute atomic E-state index is 8.36. The van der Waals surface area contributed by atoms with Crippen LogP contribution in [0.25, 0.3) is 17.1 Å². The number of pyridine rings is 1. The van der Waals surface area contributed by atoms with E-state index in [1.807, 2.05) is 41.6 Å². The predicted molar refractivity (Wildman–Crippen MR) is 115 cm³/mol. The van der Waals surface area contributed by atoms with Crippen molar-refractivity contribution < 1.29 is 14.6 Å². The van der Waals surface area contributed by atoms with E-state index in [1.54, 1.807) is 6.20 Å². The first-order chi connectivity index (χ1) is 15.3. The molecule has 158 valence electrons. The van der Waals surface area contributed by atoms with Crippen molar-refractivity contribution in [2.24, 2.45) is 5.92 Å². The predicted octanol–water partition coefficient (Wildman–Crippen LogP) is 3.26. The molecule has 1 aliphatic rings. The van der Waals surface area contributed by atoms with Gasteiger partial charge in [-0.15, -0.1) is 0 Å². The maximum atomic E-state index is 8.36. The topological polar surface area (TPSA) is 95.1 Å². The van der Waals surface area contributed by atoms with E-state index in [0.717, 1.165) is 30.1 Å². The molecule has 0 radical (unpaired) electrons. The number of nitrogens with zero attached hydrogens (tertiary/aromatic N) is 5. The van der Waals surface area contributed by atoms with Gasteiger partial charge in [-0.2, -0.15) is 5.10 Å². The summed E-state index contributed by atoms with van der Waals surface area (Å²) >= 11 is 0. The van der Waals surface area contributed by atoms with E-state index in [-0.39, 0.29) is 12.5 Å². The standard InChI is InChI=1S/C22H21N5O.CH2O2/c1-3-18(14-20(4-1)27-11-2-7-25-27)22-24-10-12-26(22)21-16-28-15-19(21)13-17-5-8-23-9-6-17;2-1-3/h1-12,14,19,21H,13,15-16H2;1H,(H,2,3)/t19-,21-;/m1./s1. The van der Waals surface area contributed by atoms with E-state index in [9.17, 15) is 0 Å². The summed E-state index contributed by atoms with van der Waals surface area (Å²) in [6.07, 6.45) is 12.3. The number of carboxylic acid groups (broad SMARTS) is 1. The van der Waals surface area contributed by atoms with Crippen molar-refractivity contribution in [3.63, 3.8) is 0 Å². The van der Waals surface area contributed by atoms with Crippen molar-refractivity contribution in [1.29, 1.82) is 0 Å². The van der Waals surface area contributed by atoms with Gasteiger partial charge in [0.05, 0.1) is 24.9 Å². The van der Waals surface area contributed by atoms with E-state index < -0.39 is 0 Å². The van der Waals surface area contributed by atoms with Crippen molar-refractivity contribution in [1.82, 2.24) is 24.3 Å². The molecule has 0 amide bonds. The summed E-state index contributed by atoms with van der Waals surface area (Å²) in [5, 5.41) is 11.2. The summed E-state index contributed by atoms with van der Waals surface area (Å²) in [6.45, 7) is 1.22. The van der Waals surface area contributed by atoms with Crippen LogP contribution in [0.4, 0.5) is 0 Å². The van der Waals surface area contributed by atoms with Gasteiger partial charge < -0.3 is 14.4 Å². The molecule has 0 spiro atoms. The minimum Gasteiger partial charge on any atom is -0.483 e. The lowest BCUT2D eigenvalue weighted by atomic mass is 9.95. The Balaban J connectivity index is 0.000000730. The van der Waals surface area contributed by atoms with Crippen molar-refractivity contribution in [2.45, 2.75) is 12.5 Å². The molecule has 5 rings (SSSR count). The average Bonchev–Trinajstić information content (AvgIpc) is 3.56. The van der Waals surface area contributed by atoms with Crippen LogP contribution < -0.4 is 0 Å². The van der Waals surface area contributed by atoms with Gasteiger partial charge in [0.25, 0.3) is 6.47 Å². The molecule has 8 heteroatoms. The van der Waals surface area contributed by atoms with Gasteiger partial charge in [0, 0.05) is 48.7 Å². The molecule has 2 atom stereocenters. The molecule has 0 unspecified atom stereocenters. The second-order valence-electron chi connectivity index (χ2n) is 7.19. The Morgan fingerprint density at radius 1 is 1.06 bits per heavy atom. The molecule has 1 fully saturated rings. The van der Waals surface area contributed by atoms with Crippen molar-refractivity contribution >= 4 is 6.47 Å². The molecule has 1 saturated heterocycles. The molecule has 0 bridgehead atoms. The van der Waals surface area contributed by atoms with Gasteiger partial charge >= 0.3 is 0 Å². The second kappa shape index (κ2) is 9.82. The minimum atomic E-state index is -0.250. The molecule has 1 aromatic carbocycles. The Morgan fingerprint density at radius 3 is 2.68 bits per heavy atom. The summed E-state index contributed by atoms with van der Waals surface area (Å²) in [7, 11) is 0. The minimum absolute atomic E-state index is 0.250. The molecule has 4 aromatic rings. The Labute approximate surface area is 179 Å². The zero-order valence-electron chi connectivity index (χ0n) is 16.9. The van der Waals surface area contributed by atoms with Crippen molar-refractivity contribution in [2.75, 3.05) is 13.2 Å². The van der Waals surface area contributed by atoms with Gasteiger partial charge in [-0.25, -0.2) is 9.67 Å². The fourth-order valence-electron chi connectivity index (χ4n) is 3.92. The Hall–Kier alpha value is -3.78. The highest BCUT2D eigenvalue weighted by Gasteiger charge is 2.31. The summed E-state index contributed by atoms with van der Waals surface area (Å²) in [5.74, 6) is 1.37. The first kappa shape index (κ1) is 20.5. The van der Waals surface area contributed by atoms with E-state index in [4.69, 9.17) is 14.6 Å². The summed E-state index contributed by atoms with van der Waals surface area (Å²) in [6, 6.07) is 14.7. The second-order valence-corrected chi connectivity index (χ2v) is 7.19. The Morgan fingerprint density at radius 2 is 1.90 bits per heavy atom. The molecule has 4 heterocycles. The lowest BCUT2D eigenvalue weighted by Crippen LogP contribution is -2.20. The molecular weight excluding hydrogens is 394 g/mol. The van der Waals surface area contributed by atoms with Gasteiger partial charge in [-0.1, -0.05) is 12.1 Å². The highest BCUT2D eigenvalue weighted by molar-refractivity contribution is 5.59. The van der Waals surface area contributed by atoms with Crippen molar-refractivity contribution in [3.8, 4) is 17.1 Å². The summed E-state index contributed by atoms with van der Waals surface area (Å²) in [4.78, 5) is 17.1. The van der Waals surface area contributed by atoms with Crippen molar-refractivity contribution in [3.05, 3.63) is 85.2 Å². The normalized spacial score (nSPS) is 17.7. The van der Waals surface area contributed by atoms with E-state index in [0.29, 0.717) is 12.5 Å². The third-order valence-electron chi connectivity index (χ3n) is 5.31. The van der Waals surface area contributed by atoms with Crippen LogP contribution in [0, 0.1) is 5.92 Å². The molecule has 0 saturated carbocycles. The van der Waals surface area contributed by atoms with Gasteiger partial charge in [0.2, 0.25) is 0 Å². The van der Waals surface area contributed by atoms with Gasteiger partial charge in [0.1, 0.15) is 5.82 Å². The zero-order valence-corrected chi connectivity index (χ0v) is 16.9. The molecule has 3 aromatic heterocycles. The zero-order chi connectivity index (χ0) is 21.5. The highest BCUT2D eigenvalue weighted by atomic mass is 16.5. The lowest BCUT2D eigenvalue weighted by Gasteiger charge is -2.21. The van der Waals surface area contributed by atoms with Gasteiger partial charge in [-0.3, -0.25) is 9.78 Å². The number of carbonyl (C=O) groups is 1. The van der Waals surface area contributed by atoms with Crippen LogP contribution in [0.2, 0.25) is 0 Å². The number of imidazole rings is 1. The van der Waals surface area contributed by atoms with Crippen LogP contribution in [0.5, 0.6) is 0 Å². The van der Waals surface area contributed by atoms with Gasteiger partial charge in [-0.05, 0) is 42.3 Å². The van der Waals surface area contributed by atoms with Crippen LogP contribution in [0.3, 0.4) is 0 Å². The van der Waals surface area contributed by atoms with E-state index >= 15 is 0 Å². The third-order valence-corrected chi connectivity index (χ3v) is 5.31. The van der Waals surface area contributed by atoms with Crippen LogP contribution >= 0.6 is 0 Å². The third kappa shape index (κ3) is 4.70. The molecular formula is C23H23N5O3. The first-order valence-electron chi connectivity index (χ1n) is 9.98. The fraction of sp³-hybridized carbons (Fsp3) is 0.217. The molecule has 1 N–H and O–H groups in total. The molecule has 0 aliphatic carbocycles. The number of hydrogen-bond acceptors (Lipinski definition) is 5. The largest absolute Gasteiger partial charge is 0.483 e. The van der Waals surface area contributed by atoms with E-state index in [1.165, 1.54) is 5.56 Å². The number of rotatable bonds is 5. The maximum Gasteiger partial charge on any atom is 0.290 e. The lowest BCUT2D eigenvalue weighted by molar-refractivity contribution is -0.122. The van der Waals surface area contributed by atoms with Gasteiger partial charge in [0.15, 0.2) is 0 Å². The fourth-order valence-corrected chi connectivity index (χ4v) is 3.92. The molecule has 1 aliphatic heterocycles. The number of hydrogen-bond donors (Lipinski definition) is 1. The van der Waals surface area contributed by atoms with Crippen LogP contribution in [-0.2, 0) is 16.0 Å². The number of benzene rings is 1. The highest BCUT2D eigenvalue weighted by Crippen LogP contribution is 2.33. The summed E-state index contributed by atoms with van der Waals surface area (Å²) in [5.41, 5.74) is 3.39. The quantitative estimate of drug-likeness (QED) is 0.501. The smallest absolute Gasteiger partial charge is 0.290 e. The SMILES string of the molecule is O=CO.c1cc(-c2nccn2[C@@H]2COC[C@H]2Cc2ccncc2)cc(-n2cccn2)c1. The van der Waals surface area contributed by atoms with Crippen LogP contribution in [0.15, 0.2) is 79.6 Å². The van der Waals surface area contributed by atoms with E-state index in [2.05, 4.69) is 56.2 Å². The summed E-state index contributed by atoms with van der Waals surface area (Å²) < 4.78 is 9.99. The van der Waals surface area contributed by atoms with Crippen LogP contribution in [-0.4, -0.2) is 49.1 Å². The average molecular weight is 417 g/mol. The molecule has 31 heavy (non-hydrogen) atoms. The Kier molecular flexibility index (Phi) is 6.49. The monoisotopic (exact) mass is 417 g/mol. The Bertz CT molecular complexity index is 1100. The number of aromatic nitrogens is 5.